The fourth-order valence-corrected chi connectivity index (χ4v) is 4.00. The van der Waals surface area contributed by atoms with E-state index in [2.05, 4.69) is 31.8 Å². The van der Waals surface area contributed by atoms with E-state index in [1.807, 2.05) is 0 Å². The second-order valence-corrected chi connectivity index (χ2v) is 9.30. The second-order valence-electron chi connectivity index (χ2n) is 9.30. The lowest BCUT2D eigenvalue weighted by atomic mass is 9.93. The Morgan fingerprint density at radius 3 is 2.71 bits per heavy atom. The van der Waals surface area contributed by atoms with Crippen molar-refractivity contribution in [3.05, 3.63) is 41.9 Å². The van der Waals surface area contributed by atoms with Crippen molar-refractivity contribution >= 4 is 22.6 Å². The quantitative estimate of drug-likeness (QED) is 0.488. The van der Waals surface area contributed by atoms with Gasteiger partial charge in [0.1, 0.15) is 12.2 Å². The first-order chi connectivity index (χ1) is 16.2. The smallest absolute Gasteiger partial charge is 0.254 e. The van der Waals surface area contributed by atoms with Crippen molar-refractivity contribution in [3.8, 4) is 11.9 Å². The van der Waals surface area contributed by atoms with Crippen LogP contribution in [0, 0.1) is 11.3 Å². The molecule has 10 heteroatoms. The number of nitriles is 1. The Morgan fingerprint density at radius 2 is 2.00 bits per heavy atom. The first-order valence-corrected chi connectivity index (χ1v) is 11.4. The molecule has 1 aliphatic rings. The van der Waals surface area contributed by atoms with Crippen molar-refractivity contribution in [1.29, 1.82) is 5.26 Å². The third-order valence-corrected chi connectivity index (χ3v) is 5.93. The lowest BCUT2D eigenvalue weighted by Gasteiger charge is -2.27. The first-order valence-electron chi connectivity index (χ1n) is 11.4. The van der Waals surface area contributed by atoms with Crippen molar-refractivity contribution in [2.75, 3.05) is 11.9 Å². The highest BCUT2D eigenvalue weighted by Gasteiger charge is 2.23. The highest BCUT2D eigenvalue weighted by Crippen LogP contribution is 2.27. The van der Waals surface area contributed by atoms with Gasteiger partial charge in [-0.2, -0.15) is 15.0 Å². The molecule has 1 saturated carbocycles. The van der Waals surface area contributed by atoms with Gasteiger partial charge in [-0.15, -0.1) is 0 Å². The molecule has 0 saturated heterocycles. The molecule has 34 heavy (non-hydrogen) atoms. The molecule has 0 spiro atoms. The summed E-state index contributed by atoms with van der Waals surface area (Å²) in [5.41, 5.74) is 1.02. The summed E-state index contributed by atoms with van der Waals surface area (Å²) in [6, 6.07) is 5.53. The molecule has 3 heterocycles. The van der Waals surface area contributed by atoms with E-state index in [-0.39, 0.29) is 11.9 Å². The van der Waals surface area contributed by atoms with Crippen molar-refractivity contribution < 1.29 is 14.3 Å². The Morgan fingerprint density at radius 1 is 1.24 bits per heavy atom. The molecule has 1 fully saturated rings. The van der Waals surface area contributed by atoms with E-state index < -0.39 is 11.8 Å². The summed E-state index contributed by atoms with van der Waals surface area (Å²) in [5, 5.41) is 30.3. The molecule has 3 aromatic rings. The molecule has 9 nitrogen and oxygen atoms in total. The molecule has 0 aromatic carbocycles. The van der Waals surface area contributed by atoms with Gasteiger partial charge < -0.3 is 15.7 Å². The maximum absolute atomic E-state index is 13.6. The number of hydrogen-bond donors (Lipinski definition) is 3. The zero-order valence-corrected chi connectivity index (χ0v) is 19.3. The zero-order valence-electron chi connectivity index (χ0n) is 19.3. The molecular weight excluding hydrogens is 437 g/mol. The van der Waals surface area contributed by atoms with Crippen LogP contribution >= 0.6 is 0 Å². The highest BCUT2D eigenvalue weighted by atomic mass is 19.1. The van der Waals surface area contributed by atoms with Crippen molar-refractivity contribution in [2.45, 2.75) is 63.8 Å². The van der Waals surface area contributed by atoms with E-state index in [0.29, 0.717) is 72.3 Å². The summed E-state index contributed by atoms with van der Waals surface area (Å²) in [5.74, 6) is 0.147. The molecule has 4 rings (SSSR count). The van der Waals surface area contributed by atoms with Gasteiger partial charge in [0, 0.05) is 36.4 Å². The number of rotatable bonds is 7. The van der Waals surface area contributed by atoms with Gasteiger partial charge in [-0.3, -0.25) is 4.79 Å². The lowest BCUT2D eigenvalue weighted by Crippen LogP contribution is -2.32. The summed E-state index contributed by atoms with van der Waals surface area (Å²) in [7, 11) is 0. The Bertz CT molecular complexity index is 1220. The Kier molecular flexibility index (Phi) is 6.75. The van der Waals surface area contributed by atoms with Gasteiger partial charge in [-0.05, 0) is 52.0 Å². The van der Waals surface area contributed by atoms with Crippen molar-refractivity contribution in [2.24, 2.45) is 0 Å². The van der Waals surface area contributed by atoms with E-state index >= 15 is 0 Å². The fraction of sp³-hybridized carbons (Fsp3) is 0.458. The minimum Gasteiger partial charge on any atom is -0.390 e. The number of pyridine rings is 2. The molecule has 0 bridgehead atoms. The monoisotopic (exact) mass is 465 g/mol. The number of nitrogens with zero attached hydrogens (tertiary/aromatic N) is 5. The summed E-state index contributed by atoms with van der Waals surface area (Å²) in [6.07, 6.45) is 6.49. The van der Waals surface area contributed by atoms with Crippen LogP contribution in [0.3, 0.4) is 0 Å². The van der Waals surface area contributed by atoms with Crippen molar-refractivity contribution in [3.63, 3.8) is 0 Å². The maximum Gasteiger partial charge on any atom is 0.254 e. The summed E-state index contributed by atoms with van der Waals surface area (Å²) >= 11 is 0. The van der Waals surface area contributed by atoms with Gasteiger partial charge in [0.05, 0.1) is 28.6 Å². The maximum atomic E-state index is 13.6. The largest absolute Gasteiger partial charge is 0.390 e. The molecule has 0 aliphatic heterocycles. The number of carbonyl (C=O) groups is 1. The lowest BCUT2D eigenvalue weighted by molar-refractivity contribution is 0.0693. The van der Waals surface area contributed by atoms with Crippen LogP contribution in [0.15, 0.2) is 30.7 Å². The number of nitrogens with one attached hydrogen (secondary N) is 2. The molecule has 178 valence electrons. The minimum atomic E-state index is -0.888. The molecule has 1 amide bonds. The predicted octanol–water partition coefficient (Wildman–Crippen LogP) is 3.27. The predicted molar refractivity (Wildman–Crippen MR) is 125 cm³/mol. The van der Waals surface area contributed by atoms with Crippen LogP contribution in [0.25, 0.3) is 16.9 Å². The summed E-state index contributed by atoms with van der Waals surface area (Å²) in [4.78, 5) is 21.7. The normalized spacial score (nSPS) is 18.4. The fourth-order valence-electron chi connectivity index (χ4n) is 4.00. The molecule has 3 N–H and O–H groups in total. The highest BCUT2D eigenvalue weighted by molar-refractivity contribution is 5.99. The molecule has 0 unspecified atom stereocenters. The number of carbonyl (C=O) groups excluding carboxylic acids is 1. The summed E-state index contributed by atoms with van der Waals surface area (Å²) in [6.45, 7) is 3.68. The van der Waals surface area contributed by atoms with Crippen LogP contribution in [0.2, 0.25) is 0 Å². The Balaban J connectivity index is 1.64. The standard InChI is InChI=1S/C24H28FN7O2/c1-24(2,34)7-8-27-23(33)19-14-28-21(10-20(19)31-18-5-3-17(25)4-6-18)32-22-16(13-30-32)9-15(11-26)12-29-22/h9-10,12-14,17-18,34H,3-8H2,1-2H3,(H,27,33)(H,28,31). The summed E-state index contributed by atoms with van der Waals surface area (Å²) < 4.78 is 15.2. The van der Waals surface area contributed by atoms with E-state index in [0.717, 1.165) is 0 Å². The van der Waals surface area contributed by atoms with Crippen LogP contribution in [0.1, 0.15) is 61.9 Å². The van der Waals surface area contributed by atoms with Gasteiger partial charge in [0.2, 0.25) is 0 Å². The molecule has 0 radical (unpaired) electrons. The average molecular weight is 466 g/mol. The van der Waals surface area contributed by atoms with Crippen LogP contribution in [-0.2, 0) is 0 Å². The number of alkyl halides is 1. The third-order valence-electron chi connectivity index (χ3n) is 5.93. The van der Waals surface area contributed by atoms with Gasteiger partial charge in [-0.25, -0.2) is 14.4 Å². The molecule has 3 aromatic heterocycles. The topological polar surface area (TPSA) is 129 Å². The van der Waals surface area contributed by atoms with Crippen LogP contribution in [0.4, 0.5) is 10.1 Å². The number of fused-ring (bicyclic) bond motifs is 1. The number of halogens is 1. The molecule has 0 atom stereocenters. The van der Waals surface area contributed by atoms with E-state index in [4.69, 9.17) is 5.26 Å². The number of aromatic nitrogens is 4. The van der Waals surface area contributed by atoms with Crippen molar-refractivity contribution in [1.82, 2.24) is 25.1 Å². The SMILES string of the molecule is CC(C)(O)CCNC(=O)c1cnc(-n2ncc3cc(C#N)cnc32)cc1NC1CCC(F)CC1. The number of hydrogen-bond acceptors (Lipinski definition) is 7. The molecular formula is C24H28FN7O2. The van der Waals surface area contributed by atoms with Gasteiger partial charge in [0.25, 0.3) is 5.91 Å². The van der Waals surface area contributed by atoms with Gasteiger partial charge >= 0.3 is 0 Å². The Hall–Kier alpha value is -3.58. The van der Waals surface area contributed by atoms with E-state index in [1.165, 1.54) is 12.4 Å². The Labute approximate surface area is 197 Å². The van der Waals surface area contributed by atoms with E-state index in [1.54, 1.807) is 36.9 Å². The van der Waals surface area contributed by atoms with Gasteiger partial charge in [0.15, 0.2) is 11.5 Å². The van der Waals surface area contributed by atoms with E-state index in [9.17, 15) is 14.3 Å². The number of aliphatic hydroxyl groups is 1. The minimum absolute atomic E-state index is 0.0378. The first kappa shape index (κ1) is 23.6. The second kappa shape index (κ2) is 9.73. The van der Waals surface area contributed by atoms with Crippen LogP contribution < -0.4 is 10.6 Å². The molecule has 1 aliphatic carbocycles. The zero-order chi connectivity index (χ0) is 24.3. The van der Waals surface area contributed by atoms with Crippen LogP contribution in [0.5, 0.6) is 0 Å². The van der Waals surface area contributed by atoms with Gasteiger partial charge in [-0.1, -0.05) is 0 Å². The number of anilines is 1. The number of amides is 1. The van der Waals surface area contributed by atoms with Crippen LogP contribution in [-0.4, -0.2) is 55.1 Å². The third kappa shape index (κ3) is 5.48. The average Bonchev–Trinajstić information content (AvgIpc) is 3.23.